The van der Waals surface area contributed by atoms with Crippen molar-refractivity contribution in [1.82, 2.24) is 27.4 Å². The molecule has 0 spiro atoms. The molecule has 9 aromatic carbocycles. The molecule has 0 aliphatic carbocycles. The standard InChI is InChI=1S/C78H57N7O12/c1-76(2,3)40-10-16-46(17-11-40)80-64(86)52-34-58-59(35-53(52)65(80)87)71(93)83(70(58)92)49-28-22-43(23-29-49)79(44-24-30-50(31-25-44)84-72(94)60-36-54-55(37-61(60)73(84)95)67(89)81(66(54)88)47-18-12-41(13-19-47)77(4,5)6)45-26-32-51(33-27-45)85-74(96)62-38-56-57(39-63(62)75(85)97)69(91)82(68(56)90)48-20-14-42(15-21-48)78(7,8)9/h10-39H,1-9H3. The Morgan fingerprint density at radius 3 is 0.443 bits per heavy atom. The van der Waals surface area contributed by atoms with Crippen LogP contribution in [0.1, 0.15) is 79.0 Å². The maximum Gasteiger partial charge on any atom is 0.266 e. The maximum atomic E-state index is 14.3. The number of hydrogen-bond acceptors (Lipinski definition) is 13. The first kappa shape index (κ1) is 60.8. The molecule has 0 bridgehead atoms. The highest BCUT2D eigenvalue weighted by molar-refractivity contribution is 6.01. The minimum atomic E-state index is -0.730. The van der Waals surface area contributed by atoms with Crippen molar-refractivity contribution in [1.29, 1.82) is 0 Å². The highest BCUT2D eigenvalue weighted by atomic mass is 16.2. The molecule has 0 atom stereocenters. The fourth-order valence-electron chi connectivity index (χ4n) is 13.4. The molecule has 97 heavy (non-hydrogen) atoms. The van der Waals surface area contributed by atoms with Gasteiger partial charge in [-0.3, -0.25) is 57.5 Å². The van der Waals surface area contributed by atoms with Crippen molar-refractivity contribution in [2.45, 2.75) is 78.6 Å². The lowest BCUT2D eigenvalue weighted by Gasteiger charge is -2.26. The number of fused-ring (bicyclic) bond motifs is 6. The van der Waals surface area contributed by atoms with Crippen LogP contribution in [0.3, 0.4) is 0 Å². The van der Waals surface area contributed by atoms with Gasteiger partial charge in [-0.2, -0.15) is 0 Å². The highest BCUT2D eigenvalue weighted by Crippen LogP contribution is 2.37. The monoisotopic (exact) mass is 1280 g/mol. The first-order valence-electron chi connectivity index (χ1n) is 31.3. The van der Waals surface area contributed by atoms with E-state index in [4.69, 9.17) is 0 Å². The molecule has 6 heterocycles. The molecule has 6 aromatic heterocycles. The molecule has 0 unspecified atom stereocenters. The summed E-state index contributed by atoms with van der Waals surface area (Å²) in [6.45, 7) is 18.4. The van der Waals surface area contributed by atoms with Crippen LogP contribution in [0.5, 0.6) is 0 Å². The van der Waals surface area contributed by atoms with Gasteiger partial charge in [0, 0.05) is 17.1 Å². The average molecular weight is 1280 g/mol. The summed E-state index contributed by atoms with van der Waals surface area (Å²) in [4.78, 5) is 171. The highest BCUT2D eigenvalue weighted by Gasteiger charge is 2.27. The molecule has 19 nitrogen and oxygen atoms in total. The Bertz CT molecular complexity index is 5720. The molecule has 0 N–H and O–H groups in total. The van der Waals surface area contributed by atoms with Gasteiger partial charge in [0.15, 0.2) is 0 Å². The van der Waals surface area contributed by atoms with E-state index < -0.39 is 66.7 Å². The molecule has 476 valence electrons. The van der Waals surface area contributed by atoms with E-state index in [0.29, 0.717) is 34.1 Å². The molecule has 0 fully saturated rings. The zero-order valence-corrected chi connectivity index (χ0v) is 53.8. The van der Waals surface area contributed by atoms with Crippen LogP contribution in [0.15, 0.2) is 240 Å². The van der Waals surface area contributed by atoms with Gasteiger partial charge in [-0.25, -0.2) is 27.4 Å². The zero-order valence-electron chi connectivity index (χ0n) is 53.8. The van der Waals surface area contributed by atoms with Crippen LogP contribution >= 0.6 is 0 Å². The topological polar surface area (TPSA) is 238 Å². The summed E-state index contributed by atoms with van der Waals surface area (Å²) in [7, 11) is 0. The Hall–Kier alpha value is -12.4. The third-order valence-electron chi connectivity index (χ3n) is 18.7. The van der Waals surface area contributed by atoms with Gasteiger partial charge >= 0.3 is 0 Å². The van der Waals surface area contributed by atoms with Gasteiger partial charge in [-0.15, -0.1) is 0 Å². The second-order valence-corrected chi connectivity index (χ2v) is 27.8. The average Bonchev–Trinajstić information content (AvgIpc) is 1.59. The summed E-state index contributed by atoms with van der Waals surface area (Å²) in [5.74, 6) is 0. The number of aromatic nitrogens is 6. The summed E-state index contributed by atoms with van der Waals surface area (Å²) in [6.07, 6.45) is 0. The molecular weight excluding hydrogens is 1230 g/mol. The lowest BCUT2D eigenvalue weighted by Crippen LogP contribution is -2.24. The Kier molecular flexibility index (Phi) is 13.2. The summed E-state index contributed by atoms with van der Waals surface area (Å²) < 4.78 is 5.93. The fraction of sp³-hybridized carbons (Fsp3) is 0.154. The number of hydrogen-bond donors (Lipinski definition) is 0. The van der Waals surface area contributed by atoms with Crippen LogP contribution in [-0.4, -0.2) is 27.4 Å². The van der Waals surface area contributed by atoms with E-state index in [-0.39, 0.29) is 97.9 Å². The Morgan fingerprint density at radius 2 is 0.320 bits per heavy atom. The van der Waals surface area contributed by atoms with E-state index >= 15 is 0 Å². The Morgan fingerprint density at radius 1 is 0.196 bits per heavy atom. The molecule has 19 heteroatoms. The van der Waals surface area contributed by atoms with Crippen molar-refractivity contribution < 1.29 is 0 Å². The normalized spacial score (nSPS) is 12.5. The van der Waals surface area contributed by atoms with Crippen molar-refractivity contribution >= 4 is 81.7 Å². The number of rotatable bonds is 9. The fourth-order valence-corrected chi connectivity index (χ4v) is 13.4. The Labute approximate surface area is 547 Å². The molecule has 0 aliphatic heterocycles. The molecule has 0 saturated carbocycles. The van der Waals surface area contributed by atoms with E-state index in [1.165, 1.54) is 72.8 Å². The van der Waals surface area contributed by atoms with Gasteiger partial charge in [0.1, 0.15) is 0 Å². The number of anilines is 3. The van der Waals surface area contributed by atoms with E-state index in [1.54, 1.807) is 77.7 Å². The van der Waals surface area contributed by atoms with Crippen molar-refractivity contribution in [3.63, 3.8) is 0 Å². The quantitative estimate of drug-likeness (QED) is 0.131. The smallest absolute Gasteiger partial charge is 0.266 e. The largest absolute Gasteiger partial charge is 0.310 e. The van der Waals surface area contributed by atoms with E-state index in [2.05, 4.69) is 0 Å². The molecule has 0 amide bonds. The maximum absolute atomic E-state index is 14.3. The summed E-state index contributed by atoms with van der Waals surface area (Å²) in [6, 6.07) is 47.8. The van der Waals surface area contributed by atoms with Crippen LogP contribution in [-0.2, 0) is 16.2 Å². The predicted molar refractivity (Wildman–Crippen MR) is 381 cm³/mol. The van der Waals surface area contributed by atoms with Crippen LogP contribution in [0, 0.1) is 0 Å². The van der Waals surface area contributed by atoms with Crippen molar-refractivity contribution in [2.75, 3.05) is 4.90 Å². The molecule has 0 aliphatic rings. The Balaban J connectivity index is 0.807. The van der Waals surface area contributed by atoms with Gasteiger partial charge in [0.25, 0.3) is 66.7 Å². The van der Waals surface area contributed by atoms with Crippen molar-refractivity contribution in [2.24, 2.45) is 0 Å². The molecule has 0 radical (unpaired) electrons. The van der Waals surface area contributed by atoms with Crippen LogP contribution in [0.4, 0.5) is 17.1 Å². The van der Waals surface area contributed by atoms with Gasteiger partial charge in [-0.1, -0.05) is 98.7 Å². The zero-order chi connectivity index (χ0) is 68.5. The lowest BCUT2D eigenvalue weighted by atomic mass is 9.87. The molecular formula is C78H57N7O12. The molecule has 0 saturated heterocycles. The van der Waals surface area contributed by atoms with Crippen LogP contribution in [0.2, 0.25) is 0 Å². The minimum absolute atomic E-state index is 0.0241. The number of nitrogens with zero attached hydrogens (tertiary/aromatic N) is 7. The first-order valence-corrected chi connectivity index (χ1v) is 31.3. The van der Waals surface area contributed by atoms with Crippen molar-refractivity contribution in [3.05, 3.63) is 323 Å². The van der Waals surface area contributed by atoms with Gasteiger partial charge in [0.05, 0.1) is 98.8 Å². The lowest BCUT2D eigenvalue weighted by molar-refractivity contribution is 0.590. The second kappa shape index (κ2) is 21.1. The van der Waals surface area contributed by atoms with Crippen molar-refractivity contribution in [3.8, 4) is 34.1 Å². The number of benzene rings is 9. The second-order valence-electron chi connectivity index (χ2n) is 27.8. The SMILES string of the molecule is CC(C)(C)c1ccc(-n2c(=O)c3cc4c(=O)n(-c5ccc(N(c6ccc(-n7c(=O)c8cc9c(=O)n(-c%10ccc(C(C)(C)C)cc%10)c(=O)c9cc8c7=O)cc6)c6ccc(-n7c(=O)c8cc9c(=O)n(-c%10ccc(C(C)(C)C)cc%10)c(=O)c9cc8c7=O)cc6)cc5)c(=O)c4cc3c2=O)cc1. The van der Waals surface area contributed by atoms with E-state index in [1.807, 2.05) is 98.7 Å². The molecule has 15 rings (SSSR count). The summed E-state index contributed by atoms with van der Waals surface area (Å²) >= 11 is 0. The summed E-state index contributed by atoms with van der Waals surface area (Å²) in [5.41, 5.74) is -3.08. The van der Waals surface area contributed by atoms with Crippen LogP contribution < -0.4 is 71.6 Å². The van der Waals surface area contributed by atoms with E-state index in [0.717, 1.165) is 44.1 Å². The van der Waals surface area contributed by atoms with E-state index in [9.17, 15) is 57.5 Å². The third kappa shape index (κ3) is 9.23. The molecule has 15 aromatic rings. The minimum Gasteiger partial charge on any atom is -0.310 e. The predicted octanol–water partition coefficient (Wildman–Crippen LogP) is 9.66. The van der Waals surface area contributed by atoms with Gasteiger partial charge < -0.3 is 4.90 Å². The third-order valence-corrected chi connectivity index (χ3v) is 18.7. The van der Waals surface area contributed by atoms with Crippen LogP contribution in [0.25, 0.3) is 98.8 Å². The van der Waals surface area contributed by atoms with Gasteiger partial charge in [0.2, 0.25) is 0 Å². The summed E-state index contributed by atoms with van der Waals surface area (Å²) in [5, 5.41) is -0.546. The van der Waals surface area contributed by atoms with Gasteiger partial charge in [-0.05, 0) is 179 Å². The first-order chi connectivity index (χ1) is 46.0.